The van der Waals surface area contributed by atoms with Crippen LogP contribution in [0.25, 0.3) is 0 Å². The van der Waals surface area contributed by atoms with Crippen LogP contribution in [0.3, 0.4) is 0 Å². The van der Waals surface area contributed by atoms with Gasteiger partial charge in [0.2, 0.25) is 0 Å². The second-order valence-corrected chi connectivity index (χ2v) is 8.62. The third-order valence-corrected chi connectivity index (χ3v) is 6.29. The van der Waals surface area contributed by atoms with E-state index in [1.807, 2.05) is 11.7 Å². The molecule has 3 aromatic rings. The van der Waals surface area contributed by atoms with Crippen LogP contribution in [0.15, 0.2) is 35.4 Å². The highest BCUT2D eigenvalue weighted by atomic mass is 16.1. The van der Waals surface area contributed by atoms with E-state index in [1.165, 1.54) is 11.1 Å². The topological polar surface area (TPSA) is 91.7 Å². The Bertz CT molecular complexity index is 1120. The molecule has 0 saturated heterocycles. The fourth-order valence-electron chi connectivity index (χ4n) is 5.00. The maximum atomic E-state index is 12.5. The first-order valence-electron chi connectivity index (χ1n) is 10.5. The van der Waals surface area contributed by atoms with Crippen molar-refractivity contribution in [3.05, 3.63) is 74.7 Å². The number of rotatable bonds is 4. The zero-order valence-electron chi connectivity index (χ0n) is 17.6. The molecule has 8 heteroatoms. The highest BCUT2D eigenvalue weighted by Gasteiger charge is 2.42. The van der Waals surface area contributed by atoms with E-state index in [0.717, 1.165) is 48.5 Å². The first-order valence-corrected chi connectivity index (χ1v) is 10.5. The third-order valence-electron chi connectivity index (χ3n) is 6.29. The van der Waals surface area contributed by atoms with Crippen LogP contribution in [0, 0.1) is 0 Å². The minimum Gasteiger partial charge on any atom is -0.305 e. The van der Waals surface area contributed by atoms with Gasteiger partial charge in [-0.3, -0.25) is 9.48 Å². The Labute approximate surface area is 175 Å². The van der Waals surface area contributed by atoms with Crippen LogP contribution >= 0.6 is 0 Å². The number of H-pyrrole nitrogens is 1. The quantitative estimate of drug-likeness (QED) is 0.688. The van der Waals surface area contributed by atoms with E-state index in [-0.39, 0.29) is 23.6 Å². The van der Waals surface area contributed by atoms with Gasteiger partial charge in [0.05, 0.1) is 11.6 Å². The van der Waals surface area contributed by atoms with E-state index in [0.29, 0.717) is 0 Å². The smallest absolute Gasteiger partial charge is 0.267 e. The molecule has 8 nitrogen and oxygen atoms in total. The minimum absolute atomic E-state index is 0.00292. The lowest BCUT2D eigenvalue weighted by atomic mass is 9.76. The molecule has 156 valence electrons. The maximum Gasteiger partial charge on any atom is 0.267 e. The van der Waals surface area contributed by atoms with E-state index < -0.39 is 0 Å². The average molecular weight is 406 g/mol. The van der Waals surface area contributed by atoms with Crippen LogP contribution in [-0.4, -0.2) is 44.0 Å². The molecule has 3 unspecified atom stereocenters. The number of benzene rings is 1. The second kappa shape index (κ2) is 7.45. The lowest BCUT2D eigenvalue weighted by Crippen LogP contribution is -2.42. The Hall–Kier alpha value is -2.84. The zero-order chi connectivity index (χ0) is 20.8. The molecule has 0 saturated carbocycles. The molecule has 30 heavy (non-hydrogen) atoms. The van der Waals surface area contributed by atoms with Gasteiger partial charge in [-0.15, -0.1) is 0 Å². The van der Waals surface area contributed by atoms with E-state index in [2.05, 4.69) is 68.9 Å². The molecule has 3 heterocycles. The molecule has 0 fully saturated rings. The normalized spacial score (nSPS) is 22.9. The molecular weight excluding hydrogens is 378 g/mol. The van der Waals surface area contributed by atoms with Crippen molar-refractivity contribution in [3.8, 4) is 0 Å². The van der Waals surface area contributed by atoms with Crippen LogP contribution in [0.2, 0.25) is 0 Å². The van der Waals surface area contributed by atoms with Gasteiger partial charge in [-0.25, -0.2) is 10.1 Å². The number of aryl methyl sites for hydroxylation is 1. The van der Waals surface area contributed by atoms with Crippen molar-refractivity contribution in [2.75, 3.05) is 14.1 Å². The molecule has 0 spiro atoms. The van der Waals surface area contributed by atoms with Crippen molar-refractivity contribution in [2.45, 2.75) is 43.8 Å². The summed E-state index contributed by atoms with van der Waals surface area (Å²) in [6, 6.07) is 8.90. The number of aromatic nitrogens is 5. The van der Waals surface area contributed by atoms with Crippen LogP contribution in [0.1, 0.15) is 64.6 Å². The van der Waals surface area contributed by atoms with Gasteiger partial charge < -0.3 is 10.2 Å². The SMILES string of the molecule is CN(C)Cc1ccc(C2NC3CCCc4c3c(n[nH]c4=O)C2c2ncnn2C)cc1. The molecule has 5 rings (SSSR count). The molecule has 1 aliphatic carbocycles. The van der Waals surface area contributed by atoms with Crippen molar-refractivity contribution in [3.63, 3.8) is 0 Å². The van der Waals surface area contributed by atoms with E-state index >= 15 is 0 Å². The molecule has 2 aromatic heterocycles. The number of nitrogens with one attached hydrogen (secondary N) is 2. The van der Waals surface area contributed by atoms with Crippen molar-refractivity contribution in [2.24, 2.45) is 7.05 Å². The Kier molecular flexibility index (Phi) is 4.75. The van der Waals surface area contributed by atoms with Gasteiger partial charge in [0.25, 0.3) is 5.56 Å². The Morgan fingerprint density at radius 3 is 2.73 bits per heavy atom. The van der Waals surface area contributed by atoms with E-state index in [1.54, 1.807) is 6.33 Å². The largest absolute Gasteiger partial charge is 0.305 e. The van der Waals surface area contributed by atoms with Crippen molar-refractivity contribution in [1.29, 1.82) is 0 Å². The third kappa shape index (κ3) is 3.16. The predicted molar refractivity (Wildman–Crippen MR) is 113 cm³/mol. The summed E-state index contributed by atoms with van der Waals surface area (Å²) >= 11 is 0. The first-order chi connectivity index (χ1) is 14.5. The van der Waals surface area contributed by atoms with Gasteiger partial charge in [0, 0.05) is 36.8 Å². The predicted octanol–water partition coefficient (Wildman–Crippen LogP) is 1.81. The molecule has 0 radical (unpaired) electrons. The van der Waals surface area contributed by atoms with Crippen LogP contribution < -0.4 is 10.9 Å². The molecule has 1 aliphatic heterocycles. The van der Waals surface area contributed by atoms with Crippen LogP contribution in [0.4, 0.5) is 0 Å². The maximum absolute atomic E-state index is 12.5. The number of aromatic amines is 1. The summed E-state index contributed by atoms with van der Waals surface area (Å²) < 4.78 is 1.81. The molecule has 2 N–H and O–H groups in total. The number of hydrogen-bond donors (Lipinski definition) is 2. The first kappa shape index (κ1) is 19.1. The van der Waals surface area contributed by atoms with Crippen molar-refractivity contribution in [1.82, 2.24) is 35.2 Å². The Morgan fingerprint density at radius 2 is 2.03 bits per heavy atom. The molecular formula is C22H27N7O. The van der Waals surface area contributed by atoms with Crippen LogP contribution in [0.5, 0.6) is 0 Å². The summed E-state index contributed by atoms with van der Waals surface area (Å²) in [5, 5.41) is 15.5. The summed E-state index contributed by atoms with van der Waals surface area (Å²) in [5.41, 5.74) is 5.26. The van der Waals surface area contributed by atoms with E-state index in [9.17, 15) is 4.79 Å². The Morgan fingerprint density at radius 1 is 1.23 bits per heavy atom. The fourth-order valence-corrected chi connectivity index (χ4v) is 5.00. The molecule has 3 atom stereocenters. The lowest BCUT2D eigenvalue weighted by molar-refractivity contribution is 0.326. The molecule has 2 aliphatic rings. The summed E-state index contributed by atoms with van der Waals surface area (Å²) in [6.45, 7) is 0.905. The molecule has 0 bridgehead atoms. The van der Waals surface area contributed by atoms with E-state index in [4.69, 9.17) is 0 Å². The summed E-state index contributed by atoms with van der Waals surface area (Å²) in [4.78, 5) is 19.2. The summed E-state index contributed by atoms with van der Waals surface area (Å²) in [5.74, 6) is 0.716. The fraction of sp³-hybridized carbons (Fsp3) is 0.455. The molecule has 1 aromatic carbocycles. The van der Waals surface area contributed by atoms with Crippen molar-refractivity contribution >= 4 is 0 Å². The van der Waals surface area contributed by atoms with Gasteiger partial charge >= 0.3 is 0 Å². The summed E-state index contributed by atoms with van der Waals surface area (Å²) in [7, 11) is 6.05. The zero-order valence-corrected chi connectivity index (χ0v) is 17.6. The monoisotopic (exact) mass is 405 g/mol. The molecule has 0 amide bonds. The second-order valence-electron chi connectivity index (χ2n) is 8.62. The van der Waals surface area contributed by atoms with Gasteiger partial charge in [0.15, 0.2) is 0 Å². The van der Waals surface area contributed by atoms with Crippen LogP contribution in [-0.2, 0) is 20.0 Å². The van der Waals surface area contributed by atoms with Gasteiger partial charge in [-0.1, -0.05) is 24.3 Å². The minimum atomic E-state index is -0.128. The lowest BCUT2D eigenvalue weighted by Gasteiger charge is -2.40. The number of hydrogen-bond acceptors (Lipinski definition) is 6. The summed E-state index contributed by atoms with van der Waals surface area (Å²) in [6.07, 6.45) is 4.39. The van der Waals surface area contributed by atoms with Gasteiger partial charge in [0.1, 0.15) is 12.2 Å². The Balaban J connectivity index is 1.64. The standard InChI is InChI=1S/C22H27N7O/c1-28(2)11-13-7-9-14(10-8-13)19-18(21-23-12-24-29(21)3)20-17-15(22(30)27-26-20)5-4-6-16(17)25-19/h7-10,12,16,18-19,25H,4-6,11H2,1-3H3,(H,27,30). The highest BCUT2D eigenvalue weighted by molar-refractivity contribution is 5.43. The number of nitrogens with zero attached hydrogens (tertiary/aromatic N) is 5. The van der Waals surface area contributed by atoms with Gasteiger partial charge in [-0.2, -0.15) is 10.2 Å². The average Bonchev–Trinajstić information content (AvgIpc) is 3.16. The van der Waals surface area contributed by atoms with Crippen molar-refractivity contribution < 1.29 is 0 Å². The highest BCUT2D eigenvalue weighted by Crippen LogP contribution is 2.46. The van der Waals surface area contributed by atoms with Gasteiger partial charge in [-0.05, 0) is 44.5 Å².